The molecule has 0 radical (unpaired) electrons. The number of nitrogens with zero attached hydrogens (tertiary/aromatic N) is 1. The van der Waals surface area contributed by atoms with Crippen LogP contribution in [0.2, 0.25) is 0 Å². The summed E-state index contributed by atoms with van der Waals surface area (Å²) in [5.74, 6) is 0.418. The molecule has 2 rings (SSSR count). The van der Waals surface area contributed by atoms with Gasteiger partial charge in [-0.25, -0.2) is 13.1 Å². The van der Waals surface area contributed by atoms with Gasteiger partial charge < -0.3 is 10.5 Å². The first-order valence-electron chi connectivity index (χ1n) is 6.33. The van der Waals surface area contributed by atoms with Crippen molar-refractivity contribution in [3.05, 3.63) is 24.0 Å². The van der Waals surface area contributed by atoms with Gasteiger partial charge in [-0.2, -0.15) is 0 Å². The standard InChI is InChI=1S/C12H17N3O3S2/c13-12(19)11-10(2-1-5-14-11)20(16,17)15-6-3-9-4-7-18-8-9/h1-2,5,9,15H,3-4,6-8H2,(H2,13,19). The van der Waals surface area contributed by atoms with Crippen molar-refractivity contribution in [2.24, 2.45) is 11.7 Å². The van der Waals surface area contributed by atoms with Crippen LogP contribution >= 0.6 is 12.2 Å². The van der Waals surface area contributed by atoms with E-state index in [0.717, 1.165) is 19.4 Å². The smallest absolute Gasteiger partial charge is 0.242 e. The molecule has 20 heavy (non-hydrogen) atoms. The third kappa shape index (κ3) is 3.72. The predicted molar refractivity (Wildman–Crippen MR) is 78.9 cm³/mol. The second kappa shape index (κ2) is 6.57. The Morgan fingerprint density at radius 2 is 2.40 bits per heavy atom. The summed E-state index contributed by atoms with van der Waals surface area (Å²) in [5.41, 5.74) is 5.62. The molecule has 0 amide bonds. The number of rotatable bonds is 6. The van der Waals surface area contributed by atoms with Crippen molar-refractivity contribution in [3.63, 3.8) is 0 Å². The van der Waals surface area contributed by atoms with E-state index in [9.17, 15) is 8.42 Å². The van der Waals surface area contributed by atoms with Crippen LogP contribution in [0.5, 0.6) is 0 Å². The van der Waals surface area contributed by atoms with Crippen molar-refractivity contribution >= 4 is 27.2 Å². The highest BCUT2D eigenvalue weighted by Crippen LogP contribution is 2.17. The van der Waals surface area contributed by atoms with Gasteiger partial charge in [0.25, 0.3) is 0 Å². The highest BCUT2D eigenvalue weighted by atomic mass is 32.2. The van der Waals surface area contributed by atoms with E-state index >= 15 is 0 Å². The van der Waals surface area contributed by atoms with Crippen molar-refractivity contribution in [2.75, 3.05) is 19.8 Å². The topological polar surface area (TPSA) is 94.3 Å². The highest BCUT2D eigenvalue weighted by molar-refractivity contribution is 7.89. The van der Waals surface area contributed by atoms with Gasteiger partial charge in [-0.3, -0.25) is 4.98 Å². The van der Waals surface area contributed by atoms with Gasteiger partial charge in [0.15, 0.2) is 0 Å². The summed E-state index contributed by atoms with van der Waals surface area (Å²) in [4.78, 5) is 3.92. The van der Waals surface area contributed by atoms with E-state index in [-0.39, 0.29) is 15.6 Å². The molecule has 8 heteroatoms. The summed E-state index contributed by atoms with van der Waals surface area (Å²) in [6.45, 7) is 1.82. The van der Waals surface area contributed by atoms with Crippen molar-refractivity contribution in [1.29, 1.82) is 0 Å². The molecule has 0 saturated carbocycles. The Hall–Kier alpha value is -1.09. The van der Waals surface area contributed by atoms with Crippen LogP contribution in [0.15, 0.2) is 23.2 Å². The van der Waals surface area contributed by atoms with E-state index in [1.54, 1.807) is 6.07 Å². The van der Waals surface area contributed by atoms with E-state index < -0.39 is 10.0 Å². The Morgan fingerprint density at radius 1 is 1.60 bits per heavy atom. The maximum Gasteiger partial charge on any atom is 0.242 e. The molecule has 0 aromatic carbocycles. The third-order valence-corrected chi connectivity index (χ3v) is 4.85. The zero-order chi connectivity index (χ0) is 14.6. The van der Waals surface area contributed by atoms with Gasteiger partial charge in [-0.15, -0.1) is 0 Å². The lowest BCUT2D eigenvalue weighted by atomic mass is 10.1. The maximum absolute atomic E-state index is 12.2. The number of pyridine rings is 1. The van der Waals surface area contributed by atoms with Gasteiger partial charge in [-0.05, 0) is 30.9 Å². The molecule has 2 heterocycles. The van der Waals surface area contributed by atoms with Crippen LogP contribution in [0.25, 0.3) is 0 Å². The van der Waals surface area contributed by atoms with Crippen LogP contribution in [0, 0.1) is 5.92 Å². The normalized spacial score (nSPS) is 19.1. The summed E-state index contributed by atoms with van der Waals surface area (Å²) >= 11 is 4.82. The Kier molecular flexibility index (Phi) is 5.03. The number of thiocarbonyl (C=S) groups is 1. The molecule has 3 N–H and O–H groups in total. The van der Waals surface area contributed by atoms with Gasteiger partial charge in [0.05, 0.1) is 0 Å². The number of hydrogen-bond acceptors (Lipinski definition) is 5. The van der Waals surface area contributed by atoms with Crippen molar-refractivity contribution in [3.8, 4) is 0 Å². The molecular formula is C12H17N3O3S2. The van der Waals surface area contributed by atoms with Crippen molar-refractivity contribution in [2.45, 2.75) is 17.7 Å². The lowest BCUT2D eigenvalue weighted by molar-refractivity contribution is 0.184. The predicted octanol–water partition coefficient (Wildman–Crippen LogP) is 0.421. The molecule has 0 bridgehead atoms. The fourth-order valence-electron chi connectivity index (χ4n) is 2.08. The first kappa shape index (κ1) is 15.3. The molecule has 0 aliphatic carbocycles. The molecule has 1 aliphatic rings. The number of sulfonamides is 1. The van der Waals surface area contributed by atoms with Crippen molar-refractivity contribution < 1.29 is 13.2 Å². The first-order valence-corrected chi connectivity index (χ1v) is 8.22. The van der Waals surface area contributed by atoms with Crippen LogP contribution in [-0.4, -0.2) is 38.1 Å². The minimum absolute atomic E-state index is 0.0233. The van der Waals surface area contributed by atoms with E-state index in [1.165, 1.54) is 12.3 Å². The Labute approximate surface area is 123 Å². The van der Waals surface area contributed by atoms with Crippen LogP contribution in [0.4, 0.5) is 0 Å². The summed E-state index contributed by atoms with van der Waals surface area (Å²) in [5, 5.41) is 0. The summed E-state index contributed by atoms with van der Waals surface area (Å²) in [6.07, 6.45) is 3.19. The molecule has 0 spiro atoms. The van der Waals surface area contributed by atoms with E-state index in [0.29, 0.717) is 19.1 Å². The molecule has 1 aromatic rings. The highest BCUT2D eigenvalue weighted by Gasteiger charge is 2.21. The molecule has 1 fully saturated rings. The first-order chi connectivity index (χ1) is 9.50. The number of nitrogens with two attached hydrogens (primary N) is 1. The fourth-order valence-corrected chi connectivity index (χ4v) is 3.52. The second-order valence-corrected chi connectivity index (χ2v) is 6.81. The van der Waals surface area contributed by atoms with E-state index in [2.05, 4.69) is 9.71 Å². The fraction of sp³-hybridized carbons (Fsp3) is 0.500. The van der Waals surface area contributed by atoms with Gasteiger partial charge in [0.1, 0.15) is 15.6 Å². The minimum atomic E-state index is -3.65. The third-order valence-electron chi connectivity index (χ3n) is 3.16. The molecule has 6 nitrogen and oxygen atoms in total. The number of nitrogens with one attached hydrogen (secondary N) is 1. The van der Waals surface area contributed by atoms with E-state index in [1.807, 2.05) is 0 Å². The zero-order valence-corrected chi connectivity index (χ0v) is 12.5. The summed E-state index contributed by atoms with van der Waals surface area (Å²) in [6, 6.07) is 2.99. The lowest BCUT2D eigenvalue weighted by Crippen LogP contribution is -2.29. The molecule has 110 valence electrons. The SMILES string of the molecule is NC(=S)c1ncccc1S(=O)(=O)NCCC1CCOC1. The lowest BCUT2D eigenvalue weighted by Gasteiger charge is -2.11. The number of ether oxygens (including phenoxy) is 1. The van der Waals surface area contributed by atoms with Crippen LogP contribution < -0.4 is 10.5 Å². The molecule has 1 unspecified atom stereocenters. The average Bonchev–Trinajstić information content (AvgIpc) is 2.91. The molecule has 1 atom stereocenters. The van der Waals surface area contributed by atoms with Gasteiger partial charge in [0.2, 0.25) is 10.0 Å². The second-order valence-electron chi connectivity index (χ2n) is 4.63. The van der Waals surface area contributed by atoms with Crippen LogP contribution in [-0.2, 0) is 14.8 Å². The van der Waals surface area contributed by atoms with Gasteiger partial charge >= 0.3 is 0 Å². The molecular weight excluding hydrogens is 298 g/mol. The zero-order valence-electron chi connectivity index (χ0n) is 10.9. The van der Waals surface area contributed by atoms with Crippen LogP contribution in [0.3, 0.4) is 0 Å². The summed E-state index contributed by atoms with van der Waals surface area (Å²) in [7, 11) is -3.65. The maximum atomic E-state index is 12.2. The van der Waals surface area contributed by atoms with Crippen molar-refractivity contribution in [1.82, 2.24) is 9.71 Å². The quantitative estimate of drug-likeness (QED) is 0.739. The minimum Gasteiger partial charge on any atom is -0.388 e. The van der Waals surface area contributed by atoms with Crippen LogP contribution in [0.1, 0.15) is 18.5 Å². The largest absolute Gasteiger partial charge is 0.388 e. The number of aromatic nitrogens is 1. The molecule has 1 saturated heterocycles. The van der Waals surface area contributed by atoms with E-state index in [4.69, 9.17) is 22.7 Å². The Balaban J connectivity index is 2.04. The molecule has 1 aromatic heterocycles. The average molecular weight is 315 g/mol. The summed E-state index contributed by atoms with van der Waals surface area (Å²) < 4.78 is 32.3. The molecule has 1 aliphatic heterocycles. The Bertz CT molecular complexity index is 583. The monoisotopic (exact) mass is 315 g/mol. The van der Waals surface area contributed by atoms with Gasteiger partial charge in [0, 0.05) is 26.0 Å². The van der Waals surface area contributed by atoms with Gasteiger partial charge in [-0.1, -0.05) is 12.2 Å². The Morgan fingerprint density at radius 3 is 3.05 bits per heavy atom. The number of hydrogen-bond donors (Lipinski definition) is 2.